The topological polar surface area (TPSA) is 49.5 Å². The number of esters is 1. The van der Waals surface area contributed by atoms with Crippen molar-refractivity contribution < 1.29 is 19.5 Å². The lowest BCUT2D eigenvalue weighted by Gasteiger charge is -2.01. The third-order valence-corrected chi connectivity index (χ3v) is 3.69. The van der Waals surface area contributed by atoms with Crippen LogP contribution in [0.25, 0.3) is 10.8 Å². The highest BCUT2D eigenvalue weighted by Gasteiger charge is 2.11. The lowest BCUT2D eigenvalue weighted by atomic mass is 10.1. The van der Waals surface area contributed by atoms with Crippen molar-refractivity contribution in [3.8, 4) is 0 Å². The largest absolute Gasteiger partial charge is 0.462 e. The number of rotatable bonds is 4. The maximum Gasteiger partial charge on any atom is 0.338 e. The molecular formula is C20H18NO3+. The van der Waals surface area contributed by atoms with Crippen LogP contribution in [0.5, 0.6) is 0 Å². The predicted octanol–water partition coefficient (Wildman–Crippen LogP) is 4.17. The minimum absolute atomic E-state index is 0.336. The number of carbonyl (C=O) groups excluding carboxylic acids is 1. The molecule has 4 nitrogen and oxygen atoms in total. The number of hydrogen-bond donors (Lipinski definition) is 1. The first-order valence-electron chi connectivity index (χ1n) is 7.76. The molecule has 0 aliphatic rings. The van der Waals surface area contributed by atoms with Gasteiger partial charge in [0.1, 0.15) is 0 Å². The summed E-state index contributed by atoms with van der Waals surface area (Å²) in [5.74, 6) is -0.368. The van der Waals surface area contributed by atoms with Crippen molar-refractivity contribution >= 4 is 28.6 Å². The second-order valence-electron chi connectivity index (χ2n) is 5.35. The van der Waals surface area contributed by atoms with Crippen molar-refractivity contribution in [1.82, 2.24) is 0 Å². The van der Waals surface area contributed by atoms with E-state index in [9.17, 15) is 10.0 Å². The standard InChI is InChI=1S/C20H18NO3/c1-2-24-20(22)17-9-11-19(12-10-17)21(23)14-15-7-8-16-5-3-4-6-18(16)13-15/h3-14,23H,2H2,1H3/q+1/b21-14-. The maximum atomic E-state index is 11.6. The third-order valence-electron chi connectivity index (χ3n) is 3.69. The fourth-order valence-corrected chi connectivity index (χ4v) is 2.47. The van der Waals surface area contributed by atoms with Gasteiger partial charge in [-0.3, -0.25) is 5.21 Å². The van der Waals surface area contributed by atoms with Crippen LogP contribution in [0.4, 0.5) is 5.69 Å². The van der Waals surface area contributed by atoms with Crippen LogP contribution in [0.3, 0.4) is 0 Å². The fourth-order valence-electron chi connectivity index (χ4n) is 2.47. The highest BCUT2D eigenvalue weighted by Crippen LogP contribution is 2.16. The van der Waals surface area contributed by atoms with Crippen molar-refractivity contribution in [1.29, 1.82) is 0 Å². The van der Waals surface area contributed by atoms with Gasteiger partial charge >= 0.3 is 5.97 Å². The summed E-state index contributed by atoms with van der Waals surface area (Å²) in [7, 11) is 0. The van der Waals surface area contributed by atoms with E-state index < -0.39 is 0 Å². The van der Waals surface area contributed by atoms with Gasteiger partial charge in [0.05, 0.1) is 12.2 Å². The predicted molar refractivity (Wildman–Crippen MR) is 93.2 cm³/mol. The normalized spacial score (nSPS) is 11.5. The van der Waals surface area contributed by atoms with E-state index in [1.807, 2.05) is 42.5 Å². The van der Waals surface area contributed by atoms with E-state index in [0.29, 0.717) is 17.9 Å². The summed E-state index contributed by atoms with van der Waals surface area (Å²) in [6.07, 6.45) is 1.63. The number of benzene rings is 3. The summed E-state index contributed by atoms with van der Waals surface area (Å²) < 4.78 is 5.98. The minimum Gasteiger partial charge on any atom is -0.462 e. The first kappa shape index (κ1) is 15.7. The van der Waals surface area contributed by atoms with Gasteiger partial charge in [-0.05, 0) is 42.0 Å². The molecule has 0 amide bonds. The van der Waals surface area contributed by atoms with Gasteiger partial charge in [0, 0.05) is 22.4 Å². The van der Waals surface area contributed by atoms with Crippen molar-refractivity contribution in [2.75, 3.05) is 6.61 Å². The van der Waals surface area contributed by atoms with Crippen molar-refractivity contribution in [2.24, 2.45) is 0 Å². The molecule has 0 saturated carbocycles. The molecule has 3 rings (SSSR count). The first-order chi connectivity index (χ1) is 11.7. The zero-order valence-corrected chi connectivity index (χ0v) is 13.3. The fraction of sp³-hybridized carbons (Fsp3) is 0.100. The van der Waals surface area contributed by atoms with Gasteiger partial charge < -0.3 is 4.74 Å². The van der Waals surface area contributed by atoms with Gasteiger partial charge in [0.2, 0.25) is 6.21 Å². The Hall–Kier alpha value is -3.14. The van der Waals surface area contributed by atoms with E-state index in [2.05, 4.69) is 0 Å². The summed E-state index contributed by atoms with van der Waals surface area (Å²) in [5, 5.41) is 12.5. The summed E-state index contributed by atoms with van der Waals surface area (Å²) in [5.41, 5.74) is 1.90. The van der Waals surface area contributed by atoms with Crippen LogP contribution in [0, 0.1) is 0 Å². The second-order valence-corrected chi connectivity index (χ2v) is 5.35. The molecule has 0 aliphatic heterocycles. The first-order valence-corrected chi connectivity index (χ1v) is 7.76. The van der Waals surface area contributed by atoms with E-state index >= 15 is 0 Å². The molecule has 0 heterocycles. The Morgan fingerprint density at radius 2 is 1.75 bits per heavy atom. The Kier molecular flexibility index (Phi) is 4.57. The number of fused-ring (bicyclic) bond motifs is 1. The van der Waals surface area contributed by atoms with E-state index in [0.717, 1.165) is 21.1 Å². The number of nitrogens with zero attached hydrogens (tertiary/aromatic N) is 1. The lowest BCUT2D eigenvalue weighted by molar-refractivity contribution is -0.709. The Balaban J connectivity index is 1.85. The molecule has 0 fully saturated rings. The highest BCUT2D eigenvalue weighted by atomic mass is 16.5. The van der Waals surface area contributed by atoms with Gasteiger partial charge in [-0.1, -0.05) is 30.3 Å². The molecule has 4 heteroatoms. The van der Waals surface area contributed by atoms with Crippen molar-refractivity contribution in [3.63, 3.8) is 0 Å². The molecule has 24 heavy (non-hydrogen) atoms. The number of carbonyl (C=O) groups is 1. The SMILES string of the molecule is CCOC(=O)c1ccc(/[N+](O)=C/c2ccc3ccccc3c2)cc1. The van der Waals surface area contributed by atoms with Crippen molar-refractivity contribution in [2.45, 2.75) is 6.92 Å². The average molecular weight is 320 g/mol. The zero-order valence-electron chi connectivity index (χ0n) is 13.3. The molecule has 1 N–H and O–H groups in total. The highest BCUT2D eigenvalue weighted by molar-refractivity contribution is 5.90. The Morgan fingerprint density at radius 1 is 1.04 bits per heavy atom. The van der Waals surface area contributed by atoms with Gasteiger partial charge in [0.15, 0.2) is 0 Å². The minimum atomic E-state index is -0.368. The summed E-state index contributed by atoms with van der Waals surface area (Å²) in [6.45, 7) is 2.10. The molecule has 3 aromatic rings. The number of ether oxygens (including phenoxy) is 1. The Bertz CT molecular complexity index is 898. The van der Waals surface area contributed by atoms with Gasteiger partial charge in [-0.2, -0.15) is 0 Å². The van der Waals surface area contributed by atoms with E-state index in [1.165, 1.54) is 0 Å². The molecule has 120 valence electrons. The lowest BCUT2D eigenvalue weighted by Crippen LogP contribution is -2.05. The quantitative estimate of drug-likeness (QED) is 0.258. The summed E-state index contributed by atoms with van der Waals surface area (Å²) in [6, 6.07) is 20.6. The molecule has 0 atom stereocenters. The van der Waals surface area contributed by atoms with Gasteiger partial charge in [-0.25, -0.2) is 4.79 Å². The second kappa shape index (κ2) is 6.96. The number of hydrogen-bond acceptors (Lipinski definition) is 3. The van der Waals surface area contributed by atoms with Crippen LogP contribution in [-0.4, -0.2) is 28.7 Å². The Morgan fingerprint density at radius 3 is 2.46 bits per heavy atom. The van der Waals surface area contributed by atoms with Gasteiger partial charge in [-0.15, -0.1) is 0 Å². The van der Waals surface area contributed by atoms with Crippen LogP contribution < -0.4 is 0 Å². The molecule has 0 saturated heterocycles. The molecule has 0 spiro atoms. The summed E-state index contributed by atoms with van der Waals surface area (Å²) in [4.78, 5) is 11.6. The molecule has 0 unspecified atom stereocenters. The Labute approximate surface area is 140 Å². The van der Waals surface area contributed by atoms with Crippen molar-refractivity contribution in [3.05, 3.63) is 77.9 Å². The van der Waals surface area contributed by atoms with Crippen LogP contribution >= 0.6 is 0 Å². The monoisotopic (exact) mass is 320 g/mol. The van der Waals surface area contributed by atoms with Gasteiger partial charge in [0.25, 0.3) is 5.69 Å². The van der Waals surface area contributed by atoms with E-state index in [1.54, 1.807) is 37.4 Å². The van der Waals surface area contributed by atoms with Crippen LogP contribution in [0.15, 0.2) is 66.7 Å². The molecular weight excluding hydrogens is 302 g/mol. The summed E-state index contributed by atoms with van der Waals surface area (Å²) >= 11 is 0. The molecule has 0 aliphatic carbocycles. The van der Waals surface area contributed by atoms with Crippen LogP contribution in [0.2, 0.25) is 0 Å². The van der Waals surface area contributed by atoms with Crippen LogP contribution in [-0.2, 0) is 4.74 Å². The maximum absolute atomic E-state index is 11.6. The average Bonchev–Trinajstić information content (AvgIpc) is 2.62. The van der Waals surface area contributed by atoms with Crippen LogP contribution in [0.1, 0.15) is 22.8 Å². The molecule has 0 bridgehead atoms. The molecule has 0 radical (unpaired) electrons. The molecule has 3 aromatic carbocycles. The molecule has 0 aromatic heterocycles. The zero-order chi connectivity index (χ0) is 16.9. The smallest absolute Gasteiger partial charge is 0.338 e. The van der Waals surface area contributed by atoms with E-state index in [-0.39, 0.29) is 5.97 Å². The van der Waals surface area contributed by atoms with E-state index in [4.69, 9.17) is 4.74 Å². The third kappa shape index (κ3) is 3.43.